The zero-order valence-electron chi connectivity index (χ0n) is 18.9. The van der Waals surface area contributed by atoms with Gasteiger partial charge >= 0.3 is 0 Å². The van der Waals surface area contributed by atoms with Crippen molar-refractivity contribution in [2.75, 3.05) is 11.9 Å². The molecule has 2 aromatic carbocycles. The summed E-state index contributed by atoms with van der Waals surface area (Å²) in [5.41, 5.74) is 4.99. The summed E-state index contributed by atoms with van der Waals surface area (Å²) in [5.74, 6) is -0.136. The number of carbonyl (C=O) groups is 1. The number of aryl methyl sites for hydroxylation is 3. The van der Waals surface area contributed by atoms with Gasteiger partial charge in [-0.1, -0.05) is 36.8 Å². The number of hydrogen-bond donors (Lipinski definition) is 1. The Balaban J connectivity index is 1.53. The first-order valence-electron chi connectivity index (χ1n) is 11.1. The van der Waals surface area contributed by atoms with Crippen LogP contribution in [-0.2, 0) is 6.54 Å². The maximum absolute atomic E-state index is 13.9. The van der Waals surface area contributed by atoms with Crippen LogP contribution in [0, 0.1) is 26.6 Å². The summed E-state index contributed by atoms with van der Waals surface area (Å²) in [4.78, 5) is 24.4. The number of hydrogen-bond acceptors (Lipinski definition) is 4. The molecule has 0 bridgehead atoms. The molecule has 6 heteroatoms. The first-order chi connectivity index (χ1) is 15.4. The molecule has 0 spiro atoms. The maximum atomic E-state index is 13.9. The zero-order chi connectivity index (χ0) is 22.7. The quantitative estimate of drug-likeness (QED) is 0.577. The van der Waals surface area contributed by atoms with E-state index in [4.69, 9.17) is 4.98 Å². The molecule has 1 aromatic heterocycles. The summed E-state index contributed by atoms with van der Waals surface area (Å²) in [6, 6.07) is 12.8. The van der Waals surface area contributed by atoms with E-state index in [0.29, 0.717) is 11.3 Å². The molecule has 1 fully saturated rings. The van der Waals surface area contributed by atoms with Crippen molar-refractivity contribution in [2.45, 2.75) is 52.6 Å². The molecule has 32 heavy (non-hydrogen) atoms. The van der Waals surface area contributed by atoms with Crippen LogP contribution in [0.4, 0.5) is 10.1 Å². The molecule has 3 aromatic rings. The third kappa shape index (κ3) is 4.86. The number of piperidine rings is 1. The van der Waals surface area contributed by atoms with Gasteiger partial charge in [-0.15, -0.1) is 0 Å². The fourth-order valence-electron chi connectivity index (χ4n) is 4.23. The Morgan fingerprint density at radius 1 is 1.12 bits per heavy atom. The highest BCUT2D eigenvalue weighted by atomic mass is 19.1. The summed E-state index contributed by atoms with van der Waals surface area (Å²) in [6.45, 7) is 7.92. The summed E-state index contributed by atoms with van der Waals surface area (Å²) in [5, 5.41) is 2.61. The van der Waals surface area contributed by atoms with Crippen LogP contribution in [0.25, 0.3) is 0 Å². The van der Waals surface area contributed by atoms with Gasteiger partial charge in [0.1, 0.15) is 11.6 Å². The fourth-order valence-corrected chi connectivity index (χ4v) is 4.23. The van der Waals surface area contributed by atoms with Crippen LogP contribution in [0.5, 0.6) is 0 Å². The lowest BCUT2D eigenvalue weighted by Gasteiger charge is -2.35. The Labute approximate surface area is 188 Å². The van der Waals surface area contributed by atoms with Gasteiger partial charge in [0.2, 0.25) is 0 Å². The Morgan fingerprint density at radius 3 is 2.69 bits per heavy atom. The number of anilines is 1. The molecule has 1 aliphatic rings. The number of halogens is 1. The van der Waals surface area contributed by atoms with Gasteiger partial charge in [0, 0.05) is 12.7 Å². The highest BCUT2D eigenvalue weighted by molar-refractivity contribution is 6.04. The molecular weight excluding hydrogens is 403 g/mol. The Bertz CT molecular complexity index is 1130. The van der Waals surface area contributed by atoms with Crippen molar-refractivity contribution in [3.05, 3.63) is 88.3 Å². The van der Waals surface area contributed by atoms with E-state index in [1.54, 1.807) is 25.3 Å². The third-order valence-electron chi connectivity index (χ3n) is 6.23. The molecule has 0 aliphatic carbocycles. The topological polar surface area (TPSA) is 58.1 Å². The predicted molar refractivity (Wildman–Crippen MR) is 124 cm³/mol. The lowest BCUT2D eigenvalue weighted by molar-refractivity contribution is 0.102. The van der Waals surface area contributed by atoms with Crippen LogP contribution in [0.2, 0.25) is 0 Å². The van der Waals surface area contributed by atoms with Crippen LogP contribution in [0.15, 0.2) is 48.7 Å². The van der Waals surface area contributed by atoms with Crippen LogP contribution in [-0.4, -0.2) is 27.3 Å². The predicted octanol–water partition coefficient (Wildman–Crippen LogP) is 5.52. The number of carbonyl (C=O) groups excluding carboxylic acids is 1. The van der Waals surface area contributed by atoms with Crippen molar-refractivity contribution in [1.82, 2.24) is 14.9 Å². The maximum Gasteiger partial charge on any atom is 0.259 e. The number of aromatic nitrogens is 2. The second-order valence-corrected chi connectivity index (χ2v) is 8.56. The van der Waals surface area contributed by atoms with Crippen LogP contribution >= 0.6 is 0 Å². The summed E-state index contributed by atoms with van der Waals surface area (Å²) < 4.78 is 13.9. The minimum absolute atomic E-state index is 0.118. The largest absolute Gasteiger partial charge is 0.319 e. The van der Waals surface area contributed by atoms with E-state index in [1.165, 1.54) is 28.8 Å². The van der Waals surface area contributed by atoms with Gasteiger partial charge in [-0.2, -0.15) is 0 Å². The van der Waals surface area contributed by atoms with E-state index in [0.717, 1.165) is 38.2 Å². The first kappa shape index (κ1) is 22.1. The summed E-state index contributed by atoms with van der Waals surface area (Å²) >= 11 is 0. The molecule has 1 saturated heterocycles. The molecule has 0 unspecified atom stereocenters. The van der Waals surface area contributed by atoms with E-state index < -0.39 is 11.7 Å². The van der Waals surface area contributed by atoms with Crippen molar-refractivity contribution in [2.24, 2.45) is 0 Å². The summed E-state index contributed by atoms with van der Waals surface area (Å²) in [6.07, 6.45) is 4.84. The molecule has 1 aliphatic heterocycles. The average molecular weight is 433 g/mol. The molecule has 2 heterocycles. The Hall–Kier alpha value is -3.12. The second kappa shape index (κ2) is 9.57. The molecular formula is C26H29FN4O. The third-order valence-corrected chi connectivity index (χ3v) is 6.23. The number of amides is 1. The molecule has 166 valence electrons. The van der Waals surface area contributed by atoms with Crippen LogP contribution < -0.4 is 5.32 Å². The molecule has 4 rings (SSSR count). The van der Waals surface area contributed by atoms with E-state index in [-0.39, 0.29) is 11.7 Å². The van der Waals surface area contributed by atoms with Crippen molar-refractivity contribution in [3.8, 4) is 0 Å². The van der Waals surface area contributed by atoms with Crippen molar-refractivity contribution in [1.29, 1.82) is 0 Å². The van der Waals surface area contributed by atoms with Gasteiger partial charge in [-0.05, 0) is 69.0 Å². The highest BCUT2D eigenvalue weighted by Gasteiger charge is 2.27. The molecule has 0 saturated carbocycles. The van der Waals surface area contributed by atoms with Gasteiger partial charge in [0.25, 0.3) is 5.91 Å². The van der Waals surface area contributed by atoms with Crippen LogP contribution in [0.1, 0.15) is 63.9 Å². The second-order valence-electron chi connectivity index (χ2n) is 8.56. The molecule has 1 amide bonds. The minimum Gasteiger partial charge on any atom is -0.319 e. The Morgan fingerprint density at radius 2 is 1.94 bits per heavy atom. The van der Waals surface area contributed by atoms with Gasteiger partial charge in [0.05, 0.1) is 23.0 Å². The molecule has 5 nitrogen and oxygen atoms in total. The number of rotatable bonds is 5. The lowest BCUT2D eigenvalue weighted by atomic mass is 9.99. The van der Waals surface area contributed by atoms with Gasteiger partial charge in [0.15, 0.2) is 0 Å². The minimum atomic E-state index is -0.472. The van der Waals surface area contributed by atoms with Crippen LogP contribution in [0.3, 0.4) is 0 Å². The average Bonchev–Trinajstić information content (AvgIpc) is 2.78. The van der Waals surface area contributed by atoms with Gasteiger partial charge < -0.3 is 5.32 Å². The van der Waals surface area contributed by atoms with Crippen molar-refractivity contribution >= 4 is 11.6 Å². The van der Waals surface area contributed by atoms with E-state index >= 15 is 0 Å². The number of nitrogens with one attached hydrogen (secondary N) is 1. The van der Waals surface area contributed by atoms with Gasteiger partial charge in [-0.25, -0.2) is 14.4 Å². The molecule has 1 N–H and O–H groups in total. The number of benzene rings is 2. The van der Waals surface area contributed by atoms with Gasteiger partial charge in [-0.3, -0.25) is 9.69 Å². The number of nitrogens with zero attached hydrogens (tertiary/aromatic N) is 3. The summed E-state index contributed by atoms with van der Waals surface area (Å²) in [7, 11) is 0. The smallest absolute Gasteiger partial charge is 0.259 e. The monoisotopic (exact) mass is 432 g/mol. The fraction of sp³-hybridized carbons (Fsp3) is 0.346. The van der Waals surface area contributed by atoms with Crippen molar-refractivity contribution < 1.29 is 9.18 Å². The number of likely N-dealkylation sites (tertiary alicyclic amines) is 1. The molecule has 0 radical (unpaired) electrons. The SMILES string of the molecule is Cc1ccc(CN2CCCC[C@@H]2c2ncc(C(=O)Nc3ccccc3F)c(C)n2)cc1C. The van der Waals surface area contributed by atoms with E-state index in [2.05, 4.69) is 47.2 Å². The normalized spacial score (nSPS) is 16.7. The molecule has 1 atom stereocenters. The Kier molecular flexibility index (Phi) is 6.61. The van der Waals surface area contributed by atoms with Crippen molar-refractivity contribution in [3.63, 3.8) is 0 Å². The highest BCUT2D eigenvalue weighted by Crippen LogP contribution is 2.31. The number of para-hydroxylation sites is 1. The zero-order valence-corrected chi connectivity index (χ0v) is 18.9. The van der Waals surface area contributed by atoms with E-state index in [9.17, 15) is 9.18 Å². The van der Waals surface area contributed by atoms with E-state index in [1.807, 2.05) is 0 Å². The lowest BCUT2D eigenvalue weighted by Crippen LogP contribution is -2.34. The standard InChI is InChI=1S/C26H29FN4O/c1-17-11-12-20(14-18(17)2)16-31-13-7-6-10-24(31)25-28-15-21(19(3)29-25)26(32)30-23-9-5-4-8-22(23)27/h4-5,8-9,11-12,14-15,24H,6-7,10,13,16H2,1-3H3,(H,30,32)/t24-/m1/s1. The first-order valence-corrected chi connectivity index (χ1v) is 11.1.